The second-order valence-corrected chi connectivity index (χ2v) is 6.22. The molecule has 0 aromatic heterocycles. The molecule has 0 radical (unpaired) electrons. The lowest BCUT2D eigenvalue weighted by Crippen LogP contribution is -2.41. The molecule has 0 atom stereocenters. The first-order valence-electron chi connectivity index (χ1n) is 6.72. The predicted octanol–water partition coefficient (Wildman–Crippen LogP) is 3.23. The Bertz CT molecular complexity index is 307. The minimum Gasteiger partial charge on any atom is -0.449 e. The minimum atomic E-state index is -0.332. The second-order valence-electron chi connectivity index (χ2n) is 6.22. The number of nitrogens with one attached hydrogen (secondary N) is 1. The average Bonchev–Trinajstić information content (AvgIpc) is 2.26. The van der Waals surface area contributed by atoms with Crippen LogP contribution in [0, 0.1) is 23.2 Å². The Morgan fingerprint density at radius 3 is 2.33 bits per heavy atom. The molecule has 1 amide bonds. The Morgan fingerprint density at radius 2 is 1.83 bits per heavy atom. The van der Waals surface area contributed by atoms with Gasteiger partial charge in [0.1, 0.15) is 0 Å². The van der Waals surface area contributed by atoms with Crippen molar-refractivity contribution in [3.8, 4) is 6.07 Å². The van der Waals surface area contributed by atoms with Gasteiger partial charge >= 0.3 is 6.09 Å². The van der Waals surface area contributed by atoms with Gasteiger partial charge in [-0.25, -0.2) is 4.79 Å². The zero-order chi connectivity index (χ0) is 13.6. The molecule has 0 saturated heterocycles. The van der Waals surface area contributed by atoms with Gasteiger partial charge in [-0.2, -0.15) is 5.26 Å². The third-order valence-electron chi connectivity index (χ3n) is 3.27. The van der Waals surface area contributed by atoms with Gasteiger partial charge < -0.3 is 10.1 Å². The van der Waals surface area contributed by atoms with E-state index < -0.39 is 0 Å². The summed E-state index contributed by atoms with van der Waals surface area (Å²) >= 11 is 0. The van der Waals surface area contributed by atoms with Gasteiger partial charge in [-0.3, -0.25) is 0 Å². The molecule has 1 aliphatic carbocycles. The van der Waals surface area contributed by atoms with Crippen LogP contribution in [0.3, 0.4) is 0 Å². The Kier molecular flexibility index (Phi) is 5.46. The molecule has 1 rings (SSSR count). The highest BCUT2D eigenvalue weighted by atomic mass is 16.5. The molecule has 1 aliphatic rings. The topological polar surface area (TPSA) is 62.1 Å². The highest BCUT2D eigenvalue weighted by Gasteiger charge is 2.22. The van der Waals surface area contributed by atoms with E-state index in [0.717, 1.165) is 25.7 Å². The van der Waals surface area contributed by atoms with Crippen LogP contribution in [0.25, 0.3) is 0 Å². The van der Waals surface area contributed by atoms with Gasteiger partial charge in [-0.05, 0) is 58.3 Å². The smallest absolute Gasteiger partial charge is 0.407 e. The minimum absolute atomic E-state index is 0.248. The number of carbonyl (C=O) groups is 1. The summed E-state index contributed by atoms with van der Waals surface area (Å²) in [6, 6.07) is 2.23. The lowest BCUT2D eigenvalue weighted by Gasteiger charge is -2.27. The second kappa shape index (κ2) is 6.63. The number of amides is 1. The first kappa shape index (κ1) is 14.8. The molecule has 0 heterocycles. The van der Waals surface area contributed by atoms with E-state index in [1.807, 2.05) is 20.8 Å². The number of nitriles is 1. The molecule has 0 aromatic carbocycles. The fraction of sp³-hybridized carbons (Fsp3) is 0.857. The maximum Gasteiger partial charge on any atom is 0.407 e. The highest BCUT2D eigenvalue weighted by molar-refractivity contribution is 5.68. The third kappa shape index (κ3) is 5.90. The van der Waals surface area contributed by atoms with Crippen molar-refractivity contribution in [2.45, 2.75) is 58.4 Å². The molecule has 1 fully saturated rings. The zero-order valence-corrected chi connectivity index (χ0v) is 11.7. The van der Waals surface area contributed by atoms with E-state index in [1.165, 1.54) is 0 Å². The summed E-state index contributed by atoms with van der Waals surface area (Å²) in [5.74, 6) is 1.01. The number of ether oxygens (including phenoxy) is 1. The van der Waals surface area contributed by atoms with Crippen LogP contribution in [0.5, 0.6) is 0 Å². The predicted molar refractivity (Wildman–Crippen MR) is 69.9 cm³/mol. The molecule has 18 heavy (non-hydrogen) atoms. The number of hydrogen-bond acceptors (Lipinski definition) is 3. The van der Waals surface area contributed by atoms with Crippen LogP contribution >= 0.6 is 0 Å². The molecule has 102 valence electrons. The monoisotopic (exact) mass is 252 g/mol. The van der Waals surface area contributed by atoms with Crippen molar-refractivity contribution in [1.82, 2.24) is 5.32 Å². The van der Waals surface area contributed by atoms with Crippen LogP contribution in [0.4, 0.5) is 4.79 Å². The molecule has 1 saturated carbocycles. The quantitative estimate of drug-likeness (QED) is 0.838. The summed E-state index contributed by atoms with van der Waals surface area (Å²) in [6.45, 7) is 6.30. The van der Waals surface area contributed by atoms with E-state index >= 15 is 0 Å². The molecule has 0 spiro atoms. The van der Waals surface area contributed by atoms with Gasteiger partial charge in [-0.1, -0.05) is 0 Å². The summed E-state index contributed by atoms with van der Waals surface area (Å²) < 4.78 is 5.24. The average molecular weight is 252 g/mol. The van der Waals surface area contributed by atoms with Crippen molar-refractivity contribution in [2.75, 3.05) is 6.61 Å². The van der Waals surface area contributed by atoms with E-state index in [4.69, 9.17) is 10.00 Å². The van der Waals surface area contributed by atoms with E-state index in [1.54, 1.807) is 0 Å². The molecular formula is C14H24N2O2. The lowest BCUT2D eigenvalue weighted by atomic mass is 9.81. The number of alkyl carbamates (subject to hydrolysis) is 1. The van der Waals surface area contributed by atoms with Crippen LogP contribution in [-0.2, 0) is 4.74 Å². The van der Waals surface area contributed by atoms with Crippen LogP contribution < -0.4 is 5.32 Å². The molecule has 0 aromatic rings. The molecule has 4 heteroatoms. The Balaban J connectivity index is 2.18. The SMILES string of the molecule is CC(C)(C)NC(=O)OCC1CCC(CC#N)CC1. The van der Waals surface area contributed by atoms with Gasteiger partial charge in [0.15, 0.2) is 0 Å². The standard InChI is InChI=1S/C14H24N2O2/c1-14(2,3)16-13(17)18-10-12-6-4-11(5-7-12)8-9-15/h11-12H,4-8,10H2,1-3H3,(H,16,17). The molecule has 0 bridgehead atoms. The number of carbonyl (C=O) groups excluding carboxylic acids is 1. The Labute approximate surface area is 110 Å². The van der Waals surface area contributed by atoms with E-state index in [-0.39, 0.29) is 11.6 Å². The zero-order valence-electron chi connectivity index (χ0n) is 11.7. The summed E-state index contributed by atoms with van der Waals surface area (Å²) in [5, 5.41) is 11.4. The van der Waals surface area contributed by atoms with Crippen LogP contribution in [-0.4, -0.2) is 18.2 Å². The molecule has 1 N–H and O–H groups in total. The molecule has 4 nitrogen and oxygen atoms in total. The fourth-order valence-electron chi connectivity index (χ4n) is 2.27. The van der Waals surface area contributed by atoms with E-state index in [9.17, 15) is 4.79 Å². The first-order valence-corrected chi connectivity index (χ1v) is 6.72. The lowest BCUT2D eigenvalue weighted by molar-refractivity contribution is 0.103. The van der Waals surface area contributed by atoms with Gasteiger partial charge in [0.05, 0.1) is 12.7 Å². The highest BCUT2D eigenvalue weighted by Crippen LogP contribution is 2.30. The summed E-state index contributed by atoms with van der Waals surface area (Å²) in [4.78, 5) is 11.5. The first-order chi connectivity index (χ1) is 8.40. The van der Waals surface area contributed by atoms with Crippen molar-refractivity contribution in [1.29, 1.82) is 5.26 Å². The van der Waals surface area contributed by atoms with Gasteiger partial charge in [0.2, 0.25) is 0 Å². The fourth-order valence-corrected chi connectivity index (χ4v) is 2.27. The Hall–Kier alpha value is -1.24. The molecular weight excluding hydrogens is 228 g/mol. The van der Waals surface area contributed by atoms with Crippen molar-refractivity contribution in [2.24, 2.45) is 11.8 Å². The number of rotatable bonds is 3. The van der Waals surface area contributed by atoms with Gasteiger partial charge in [-0.15, -0.1) is 0 Å². The van der Waals surface area contributed by atoms with E-state index in [0.29, 0.717) is 24.9 Å². The summed E-state index contributed by atoms with van der Waals surface area (Å²) in [7, 11) is 0. The van der Waals surface area contributed by atoms with Crippen molar-refractivity contribution < 1.29 is 9.53 Å². The van der Waals surface area contributed by atoms with Crippen molar-refractivity contribution in [3.63, 3.8) is 0 Å². The normalized spacial score (nSPS) is 24.1. The van der Waals surface area contributed by atoms with Crippen LogP contribution in [0.2, 0.25) is 0 Å². The Morgan fingerprint density at radius 1 is 1.28 bits per heavy atom. The largest absolute Gasteiger partial charge is 0.449 e. The summed E-state index contributed by atoms with van der Waals surface area (Å²) in [5.41, 5.74) is -0.248. The van der Waals surface area contributed by atoms with Crippen LogP contribution in [0.1, 0.15) is 52.9 Å². The van der Waals surface area contributed by atoms with Crippen molar-refractivity contribution in [3.05, 3.63) is 0 Å². The van der Waals surface area contributed by atoms with Gasteiger partial charge in [0.25, 0.3) is 0 Å². The van der Waals surface area contributed by atoms with Gasteiger partial charge in [0, 0.05) is 12.0 Å². The maximum absolute atomic E-state index is 11.5. The number of nitrogens with zero attached hydrogens (tertiary/aromatic N) is 1. The summed E-state index contributed by atoms with van der Waals surface area (Å²) in [6.07, 6.45) is 4.63. The van der Waals surface area contributed by atoms with Crippen LogP contribution in [0.15, 0.2) is 0 Å². The third-order valence-corrected chi connectivity index (χ3v) is 3.27. The molecule has 0 aliphatic heterocycles. The number of hydrogen-bond donors (Lipinski definition) is 1. The van der Waals surface area contributed by atoms with E-state index in [2.05, 4.69) is 11.4 Å². The van der Waals surface area contributed by atoms with Crippen molar-refractivity contribution >= 4 is 6.09 Å². The maximum atomic E-state index is 11.5. The molecule has 0 unspecified atom stereocenters.